The van der Waals surface area contributed by atoms with Crippen LogP contribution in [0, 0.1) is 6.92 Å². The molecular formula is C30H22N2O3S. The Balaban J connectivity index is 1.09. The molecule has 0 fully saturated rings. The second kappa shape index (κ2) is 9.32. The van der Waals surface area contributed by atoms with Crippen LogP contribution in [0.1, 0.15) is 21.9 Å². The van der Waals surface area contributed by atoms with E-state index in [4.69, 9.17) is 14.1 Å². The quantitative estimate of drug-likeness (QED) is 0.258. The van der Waals surface area contributed by atoms with E-state index >= 15 is 0 Å². The average Bonchev–Trinajstić information content (AvgIpc) is 3.55. The van der Waals surface area contributed by atoms with Gasteiger partial charge in [-0.3, -0.25) is 4.79 Å². The minimum atomic E-state index is -0.310. The summed E-state index contributed by atoms with van der Waals surface area (Å²) in [7, 11) is 0. The standard InChI is InChI=1S/C30H22N2O3S/c1-19-6-14-26-28(16-19)36-30(32-26)21-7-10-23(11-8-21)31-29(33)27-15-13-25(35-27)18-34-24-12-9-20-4-2-3-5-22(20)17-24/h2-17H,18H2,1H3,(H,31,33). The Morgan fingerprint density at radius 1 is 0.917 bits per heavy atom. The van der Waals surface area contributed by atoms with Gasteiger partial charge in [-0.2, -0.15) is 0 Å². The van der Waals surface area contributed by atoms with Crippen LogP contribution in [0.5, 0.6) is 5.75 Å². The Labute approximate surface area is 212 Å². The maximum absolute atomic E-state index is 12.7. The highest BCUT2D eigenvalue weighted by molar-refractivity contribution is 7.21. The zero-order valence-electron chi connectivity index (χ0n) is 19.5. The van der Waals surface area contributed by atoms with Gasteiger partial charge in [0.2, 0.25) is 0 Å². The molecule has 1 amide bonds. The van der Waals surface area contributed by atoms with E-state index in [2.05, 4.69) is 30.4 Å². The van der Waals surface area contributed by atoms with Crippen LogP contribution in [0.25, 0.3) is 31.6 Å². The van der Waals surface area contributed by atoms with E-state index in [-0.39, 0.29) is 18.3 Å². The summed E-state index contributed by atoms with van der Waals surface area (Å²) in [6, 6.07) is 31.4. The number of nitrogens with zero attached hydrogens (tertiary/aromatic N) is 1. The number of nitrogens with one attached hydrogen (secondary N) is 1. The second-order valence-electron chi connectivity index (χ2n) is 8.59. The molecule has 0 atom stereocenters. The molecule has 0 saturated heterocycles. The van der Waals surface area contributed by atoms with Crippen LogP contribution in [0.15, 0.2) is 101 Å². The Hall–Kier alpha value is -4.42. The molecule has 176 valence electrons. The van der Waals surface area contributed by atoms with E-state index in [1.807, 2.05) is 66.7 Å². The van der Waals surface area contributed by atoms with Gasteiger partial charge in [-0.05, 0) is 83.9 Å². The fourth-order valence-electron chi connectivity index (χ4n) is 4.03. The Kier molecular flexibility index (Phi) is 5.71. The molecule has 0 aliphatic rings. The van der Waals surface area contributed by atoms with Gasteiger partial charge in [0.25, 0.3) is 5.91 Å². The topological polar surface area (TPSA) is 64.4 Å². The van der Waals surface area contributed by atoms with Crippen LogP contribution < -0.4 is 10.1 Å². The SMILES string of the molecule is Cc1ccc2nc(-c3ccc(NC(=O)c4ccc(COc5ccc6ccccc6c5)o4)cc3)sc2c1. The number of furan rings is 1. The number of hydrogen-bond acceptors (Lipinski definition) is 5. The van der Waals surface area contributed by atoms with Crippen molar-refractivity contribution >= 4 is 43.9 Å². The largest absolute Gasteiger partial charge is 0.486 e. The summed E-state index contributed by atoms with van der Waals surface area (Å²) >= 11 is 1.66. The first kappa shape index (κ1) is 22.1. The number of aromatic nitrogens is 1. The molecular weight excluding hydrogens is 468 g/mol. The van der Waals surface area contributed by atoms with E-state index < -0.39 is 0 Å². The predicted octanol–water partition coefficient (Wildman–Crippen LogP) is 7.85. The van der Waals surface area contributed by atoms with Crippen molar-refractivity contribution in [2.75, 3.05) is 5.32 Å². The minimum absolute atomic E-state index is 0.234. The number of anilines is 1. The van der Waals surface area contributed by atoms with Crippen LogP contribution in [-0.2, 0) is 6.61 Å². The van der Waals surface area contributed by atoms with Gasteiger partial charge in [0, 0.05) is 11.3 Å². The molecule has 0 saturated carbocycles. The molecule has 0 bridgehead atoms. The van der Waals surface area contributed by atoms with Gasteiger partial charge in [0.05, 0.1) is 10.2 Å². The van der Waals surface area contributed by atoms with Gasteiger partial charge < -0.3 is 14.5 Å². The van der Waals surface area contributed by atoms with Crippen molar-refractivity contribution in [3.63, 3.8) is 0 Å². The summed E-state index contributed by atoms with van der Waals surface area (Å²) in [6.45, 7) is 2.32. The highest BCUT2D eigenvalue weighted by Gasteiger charge is 2.13. The van der Waals surface area contributed by atoms with E-state index in [9.17, 15) is 4.79 Å². The van der Waals surface area contributed by atoms with E-state index in [0.717, 1.165) is 32.6 Å². The monoisotopic (exact) mass is 490 g/mol. The van der Waals surface area contributed by atoms with Crippen molar-refractivity contribution in [1.29, 1.82) is 0 Å². The highest BCUT2D eigenvalue weighted by Crippen LogP contribution is 2.31. The van der Waals surface area contributed by atoms with Crippen molar-refractivity contribution in [3.8, 4) is 16.3 Å². The van der Waals surface area contributed by atoms with Crippen LogP contribution in [0.2, 0.25) is 0 Å². The molecule has 6 heteroatoms. The molecule has 2 aromatic heterocycles. The molecule has 0 spiro atoms. The number of hydrogen-bond donors (Lipinski definition) is 1. The second-order valence-corrected chi connectivity index (χ2v) is 9.62. The molecule has 2 heterocycles. The Morgan fingerprint density at radius 3 is 2.61 bits per heavy atom. The summed E-state index contributed by atoms with van der Waals surface area (Å²) in [5.41, 5.74) is 3.91. The summed E-state index contributed by atoms with van der Waals surface area (Å²) in [4.78, 5) is 17.4. The lowest BCUT2D eigenvalue weighted by atomic mass is 10.1. The smallest absolute Gasteiger partial charge is 0.291 e. The average molecular weight is 491 g/mol. The Bertz CT molecular complexity index is 1700. The molecule has 0 unspecified atom stereocenters. The first-order valence-corrected chi connectivity index (χ1v) is 12.4. The molecule has 6 rings (SSSR count). The summed E-state index contributed by atoms with van der Waals surface area (Å²) in [5.74, 6) is 1.25. The molecule has 0 aliphatic carbocycles. The van der Waals surface area contributed by atoms with Crippen LogP contribution in [-0.4, -0.2) is 10.9 Å². The fraction of sp³-hybridized carbons (Fsp3) is 0.0667. The molecule has 36 heavy (non-hydrogen) atoms. The molecule has 6 aromatic rings. The van der Waals surface area contributed by atoms with Crippen molar-refractivity contribution in [3.05, 3.63) is 114 Å². The molecule has 0 aliphatic heterocycles. The zero-order chi connectivity index (χ0) is 24.5. The van der Waals surface area contributed by atoms with Crippen molar-refractivity contribution in [2.45, 2.75) is 13.5 Å². The molecule has 5 nitrogen and oxygen atoms in total. The Morgan fingerprint density at radius 2 is 1.75 bits per heavy atom. The van der Waals surface area contributed by atoms with Gasteiger partial charge >= 0.3 is 0 Å². The highest BCUT2D eigenvalue weighted by atomic mass is 32.1. The van der Waals surface area contributed by atoms with Gasteiger partial charge in [0.15, 0.2) is 5.76 Å². The lowest BCUT2D eigenvalue weighted by Crippen LogP contribution is -2.10. The van der Waals surface area contributed by atoms with Crippen molar-refractivity contribution in [1.82, 2.24) is 4.98 Å². The molecule has 1 N–H and O–H groups in total. The molecule has 4 aromatic carbocycles. The number of amides is 1. The minimum Gasteiger partial charge on any atom is -0.486 e. The van der Waals surface area contributed by atoms with E-state index in [1.165, 1.54) is 10.3 Å². The zero-order valence-corrected chi connectivity index (χ0v) is 20.3. The number of carbonyl (C=O) groups excluding carboxylic acids is 1. The van der Waals surface area contributed by atoms with Crippen LogP contribution in [0.4, 0.5) is 5.69 Å². The van der Waals surface area contributed by atoms with Crippen molar-refractivity contribution < 1.29 is 13.9 Å². The number of rotatable bonds is 6. The van der Waals surface area contributed by atoms with E-state index in [0.29, 0.717) is 11.4 Å². The van der Waals surface area contributed by atoms with Gasteiger partial charge in [-0.25, -0.2) is 4.98 Å². The lowest BCUT2D eigenvalue weighted by molar-refractivity contribution is 0.0992. The normalized spacial score (nSPS) is 11.1. The number of carbonyl (C=O) groups is 1. The maximum Gasteiger partial charge on any atom is 0.291 e. The van der Waals surface area contributed by atoms with Gasteiger partial charge in [0.1, 0.15) is 23.1 Å². The van der Waals surface area contributed by atoms with E-state index in [1.54, 1.807) is 23.5 Å². The number of thiazole rings is 1. The summed E-state index contributed by atoms with van der Waals surface area (Å²) < 4.78 is 12.7. The van der Waals surface area contributed by atoms with Gasteiger partial charge in [-0.15, -0.1) is 11.3 Å². The van der Waals surface area contributed by atoms with Gasteiger partial charge in [-0.1, -0.05) is 36.4 Å². The summed E-state index contributed by atoms with van der Waals surface area (Å²) in [5, 5.41) is 6.11. The number of benzene rings is 4. The number of aryl methyl sites for hydroxylation is 1. The van der Waals surface area contributed by atoms with Crippen LogP contribution in [0.3, 0.4) is 0 Å². The third-order valence-corrected chi connectivity index (χ3v) is 6.99. The van der Waals surface area contributed by atoms with Crippen molar-refractivity contribution in [2.24, 2.45) is 0 Å². The molecule has 0 radical (unpaired) electrons. The lowest BCUT2D eigenvalue weighted by Gasteiger charge is -2.06. The number of fused-ring (bicyclic) bond motifs is 2. The summed E-state index contributed by atoms with van der Waals surface area (Å²) in [6.07, 6.45) is 0. The predicted molar refractivity (Wildman–Crippen MR) is 145 cm³/mol. The fourth-order valence-corrected chi connectivity index (χ4v) is 5.10. The third kappa shape index (κ3) is 4.59. The first-order chi connectivity index (χ1) is 17.6. The maximum atomic E-state index is 12.7. The van der Waals surface area contributed by atoms with Crippen LogP contribution >= 0.6 is 11.3 Å². The third-order valence-electron chi connectivity index (χ3n) is 5.92. The first-order valence-electron chi connectivity index (χ1n) is 11.6. The number of ether oxygens (including phenoxy) is 1.